The Morgan fingerprint density at radius 1 is 1.32 bits per heavy atom. The van der Waals surface area contributed by atoms with Crippen molar-refractivity contribution in [3.63, 3.8) is 0 Å². The van der Waals surface area contributed by atoms with Crippen LogP contribution in [0.25, 0.3) is 0 Å². The van der Waals surface area contributed by atoms with Crippen molar-refractivity contribution in [3.8, 4) is 0 Å². The number of aliphatic imine (C=N–C) groups is 1. The van der Waals surface area contributed by atoms with Crippen LogP contribution in [-0.2, 0) is 0 Å². The van der Waals surface area contributed by atoms with Gasteiger partial charge < -0.3 is 16.0 Å². The zero-order valence-electron chi connectivity index (χ0n) is 13.9. The van der Waals surface area contributed by atoms with Crippen LogP contribution in [0.2, 0.25) is 0 Å². The molecule has 0 spiro atoms. The first-order chi connectivity index (χ1) is 12.2. The Balaban J connectivity index is 1.69. The number of nitrogens with zero attached hydrogens (tertiary/aromatic N) is 2. The van der Waals surface area contributed by atoms with Crippen LogP contribution in [0.5, 0.6) is 0 Å². The number of thiophene rings is 1. The van der Waals surface area contributed by atoms with Gasteiger partial charge in [0.1, 0.15) is 17.3 Å². The molecular formula is C18H21FN4S2. The molecule has 0 aliphatic carbocycles. The average molecular weight is 377 g/mol. The fourth-order valence-electron chi connectivity index (χ4n) is 3.44. The molecule has 7 heteroatoms. The van der Waals surface area contributed by atoms with Gasteiger partial charge in [-0.2, -0.15) is 0 Å². The van der Waals surface area contributed by atoms with E-state index in [-0.39, 0.29) is 5.82 Å². The summed E-state index contributed by atoms with van der Waals surface area (Å²) in [5.74, 6) is 1.06. The number of benzene rings is 1. The Labute approximate surface area is 155 Å². The van der Waals surface area contributed by atoms with Crippen LogP contribution in [-0.4, -0.2) is 37.3 Å². The molecule has 0 bridgehead atoms. The molecule has 132 valence electrons. The van der Waals surface area contributed by atoms with E-state index < -0.39 is 0 Å². The van der Waals surface area contributed by atoms with Gasteiger partial charge in [0.05, 0.1) is 10.6 Å². The van der Waals surface area contributed by atoms with Crippen LogP contribution in [0, 0.1) is 5.82 Å². The standard InChI is InChI=1S/C18H21FN4S2/c19-13-10-17-15(11-14(13)22-18(20)16-2-1-8-24-16)23(7-9-25-17)12-3-5-21-6-4-12/h1-2,8,10-12,21H,3-7,9H2,(H2,20,22). The number of amidine groups is 1. The van der Waals surface area contributed by atoms with Gasteiger partial charge in [-0.05, 0) is 49.5 Å². The Hall–Kier alpha value is -1.57. The molecule has 1 aromatic carbocycles. The molecule has 0 amide bonds. The minimum atomic E-state index is -0.307. The molecule has 0 radical (unpaired) electrons. The van der Waals surface area contributed by atoms with Gasteiger partial charge in [0, 0.05) is 23.2 Å². The predicted molar refractivity (Wildman–Crippen MR) is 105 cm³/mol. The lowest BCUT2D eigenvalue weighted by Crippen LogP contribution is -2.45. The van der Waals surface area contributed by atoms with E-state index in [0.29, 0.717) is 17.6 Å². The number of hydrogen-bond acceptors (Lipinski definition) is 5. The fourth-order valence-corrected chi connectivity index (χ4v) is 5.09. The molecule has 4 nitrogen and oxygen atoms in total. The number of anilines is 1. The second-order valence-electron chi connectivity index (χ2n) is 6.27. The first kappa shape index (κ1) is 16.9. The van der Waals surface area contributed by atoms with E-state index >= 15 is 0 Å². The van der Waals surface area contributed by atoms with Crippen LogP contribution in [0.15, 0.2) is 39.5 Å². The van der Waals surface area contributed by atoms with Crippen molar-refractivity contribution in [3.05, 3.63) is 40.3 Å². The Morgan fingerprint density at radius 2 is 2.16 bits per heavy atom. The summed E-state index contributed by atoms with van der Waals surface area (Å²) in [6.07, 6.45) is 2.24. The van der Waals surface area contributed by atoms with E-state index in [4.69, 9.17) is 5.73 Å². The molecule has 0 atom stereocenters. The first-order valence-electron chi connectivity index (χ1n) is 8.54. The molecule has 1 fully saturated rings. The van der Waals surface area contributed by atoms with Gasteiger partial charge in [-0.15, -0.1) is 23.1 Å². The van der Waals surface area contributed by atoms with Crippen LogP contribution >= 0.6 is 23.1 Å². The van der Waals surface area contributed by atoms with E-state index in [1.807, 2.05) is 23.6 Å². The lowest BCUT2D eigenvalue weighted by molar-refractivity contribution is 0.432. The molecule has 3 heterocycles. The fraction of sp³-hybridized carbons (Fsp3) is 0.389. The van der Waals surface area contributed by atoms with E-state index in [1.165, 1.54) is 11.3 Å². The molecule has 1 aromatic heterocycles. The van der Waals surface area contributed by atoms with Crippen LogP contribution in [0.3, 0.4) is 0 Å². The maximum Gasteiger partial charge on any atom is 0.150 e. The summed E-state index contributed by atoms with van der Waals surface area (Å²) in [7, 11) is 0. The summed E-state index contributed by atoms with van der Waals surface area (Å²) < 4.78 is 14.5. The van der Waals surface area contributed by atoms with Gasteiger partial charge >= 0.3 is 0 Å². The Kier molecular flexibility index (Phi) is 4.96. The third-order valence-corrected chi connectivity index (χ3v) is 6.61. The Bertz CT molecular complexity index is 770. The number of nitrogens with one attached hydrogen (secondary N) is 1. The van der Waals surface area contributed by atoms with E-state index in [1.54, 1.807) is 17.8 Å². The highest BCUT2D eigenvalue weighted by Crippen LogP contribution is 2.40. The summed E-state index contributed by atoms with van der Waals surface area (Å²) >= 11 is 3.23. The van der Waals surface area contributed by atoms with Crippen molar-refractivity contribution in [1.82, 2.24) is 5.32 Å². The number of piperidine rings is 1. The normalized spacial score (nSPS) is 19.1. The summed E-state index contributed by atoms with van der Waals surface area (Å²) in [6.45, 7) is 3.08. The lowest BCUT2D eigenvalue weighted by Gasteiger charge is -2.39. The molecule has 2 aliphatic heterocycles. The largest absolute Gasteiger partial charge is 0.383 e. The van der Waals surface area contributed by atoms with E-state index in [9.17, 15) is 4.39 Å². The van der Waals surface area contributed by atoms with Crippen LogP contribution in [0.4, 0.5) is 15.8 Å². The van der Waals surface area contributed by atoms with Crippen LogP contribution < -0.4 is 16.0 Å². The summed E-state index contributed by atoms with van der Waals surface area (Å²) in [4.78, 5) is 8.68. The van der Waals surface area contributed by atoms with Crippen molar-refractivity contribution in [2.75, 3.05) is 30.3 Å². The average Bonchev–Trinajstić information content (AvgIpc) is 3.17. The van der Waals surface area contributed by atoms with E-state index in [2.05, 4.69) is 15.2 Å². The predicted octanol–water partition coefficient (Wildman–Crippen LogP) is 3.59. The molecule has 1 saturated heterocycles. The number of nitrogens with two attached hydrogens (primary N) is 1. The zero-order valence-corrected chi connectivity index (χ0v) is 15.5. The molecule has 2 aromatic rings. The number of hydrogen-bond donors (Lipinski definition) is 2. The number of thioether (sulfide) groups is 1. The molecule has 0 saturated carbocycles. The monoisotopic (exact) mass is 376 g/mol. The highest BCUT2D eigenvalue weighted by Gasteiger charge is 2.27. The van der Waals surface area contributed by atoms with Crippen molar-refractivity contribution in [2.24, 2.45) is 10.7 Å². The number of halogens is 1. The Morgan fingerprint density at radius 3 is 2.92 bits per heavy atom. The molecule has 2 aliphatic rings. The first-order valence-corrected chi connectivity index (χ1v) is 10.4. The molecule has 25 heavy (non-hydrogen) atoms. The van der Waals surface area contributed by atoms with Gasteiger partial charge in [-0.1, -0.05) is 6.07 Å². The molecule has 0 unspecified atom stereocenters. The number of rotatable bonds is 3. The van der Waals surface area contributed by atoms with Crippen molar-refractivity contribution < 1.29 is 4.39 Å². The SMILES string of the molecule is NC(=Nc1cc2c(cc1F)SCCN2C1CCNCC1)c1cccs1. The molecule has 3 N–H and O–H groups in total. The minimum absolute atomic E-state index is 0.307. The second kappa shape index (κ2) is 7.35. The highest BCUT2D eigenvalue weighted by molar-refractivity contribution is 7.99. The maximum atomic E-state index is 14.5. The van der Waals surface area contributed by atoms with Crippen molar-refractivity contribution >= 4 is 40.3 Å². The zero-order chi connectivity index (χ0) is 17.2. The van der Waals surface area contributed by atoms with Gasteiger partial charge in [-0.3, -0.25) is 0 Å². The summed E-state index contributed by atoms with van der Waals surface area (Å²) in [5, 5.41) is 5.35. The van der Waals surface area contributed by atoms with Crippen molar-refractivity contribution in [2.45, 2.75) is 23.8 Å². The molecule has 4 rings (SSSR count). The van der Waals surface area contributed by atoms with Gasteiger partial charge in [0.2, 0.25) is 0 Å². The van der Waals surface area contributed by atoms with Gasteiger partial charge in [0.25, 0.3) is 0 Å². The molecular weight excluding hydrogens is 355 g/mol. The van der Waals surface area contributed by atoms with Crippen molar-refractivity contribution in [1.29, 1.82) is 0 Å². The summed E-state index contributed by atoms with van der Waals surface area (Å²) in [5.41, 5.74) is 7.48. The third kappa shape index (κ3) is 3.54. The topological polar surface area (TPSA) is 53.6 Å². The van der Waals surface area contributed by atoms with Gasteiger partial charge in [-0.25, -0.2) is 9.38 Å². The van der Waals surface area contributed by atoms with Gasteiger partial charge in [0.15, 0.2) is 0 Å². The number of fused-ring (bicyclic) bond motifs is 1. The summed E-state index contributed by atoms with van der Waals surface area (Å²) in [6, 6.07) is 7.82. The third-order valence-electron chi connectivity index (χ3n) is 4.69. The quantitative estimate of drug-likeness (QED) is 0.635. The minimum Gasteiger partial charge on any atom is -0.383 e. The van der Waals surface area contributed by atoms with Crippen LogP contribution in [0.1, 0.15) is 17.7 Å². The lowest BCUT2D eigenvalue weighted by atomic mass is 10.0. The smallest absolute Gasteiger partial charge is 0.150 e. The van der Waals surface area contributed by atoms with E-state index in [0.717, 1.165) is 53.7 Å². The maximum absolute atomic E-state index is 14.5. The highest BCUT2D eigenvalue weighted by atomic mass is 32.2. The second-order valence-corrected chi connectivity index (χ2v) is 8.35.